The molecule has 0 bridgehead atoms. The molecule has 1 aliphatic rings. The highest BCUT2D eigenvalue weighted by atomic mass is 32.2. The highest BCUT2D eigenvalue weighted by Crippen LogP contribution is 2.17. The van der Waals surface area contributed by atoms with E-state index in [9.17, 15) is 8.42 Å². The van der Waals surface area contributed by atoms with Crippen molar-refractivity contribution >= 4 is 10.0 Å². The van der Waals surface area contributed by atoms with E-state index in [0.29, 0.717) is 6.42 Å². The summed E-state index contributed by atoms with van der Waals surface area (Å²) in [6.07, 6.45) is 3.25. The van der Waals surface area contributed by atoms with E-state index in [2.05, 4.69) is 4.72 Å². The number of hydrogen-bond acceptors (Lipinski definition) is 3. The molecule has 1 fully saturated rings. The molecule has 1 saturated carbocycles. The second kappa shape index (κ2) is 4.39. The summed E-state index contributed by atoms with van der Waals surface area (Å²) in [4.78, 5) is 0. The van der Waals surface area contributed by atoms with Crippen LogP contribution < -0.4 is 10.5 Å². The minimum atomic E-state index is -3.04. The summed E-state index contributed by atoms with van der Waals surface area (Å²) in [5.41, 5.74) is 5.68. The van der Waals surface area contributed by atoms with Gasteiger partial charge < -0.3 is 5.73 Å². The molecule has 0 unspecified atom stereocenters. The van der Waals surface area contributed by atoms with Crippen LogP contribution in [0, 0.1) is 0 Å². The van der Waals surface area contributed by atoms with Gasteiger partial charge in [0.05, 0.1) is 5.75 Å². The van der Waals surface area contributed by atoms with Gasteiger partial charge in [0.15, 0.2) is 0 Å². The zero-order valence-corrected chi connectivity index (χ0v) is 8.81. The summed E-state index contributed by atoms with van der Waals surface area (Å²) in [6, 6.07) is 0.251. The van der Waals surface area contributed by atoms with Crippen LogP contribution in [-0.2, 0) is 10.0 Å². The van der Waals surface area contributed by atoms with Gasteiger partial charge in [0.1, 0.15) is 0 Å². The quantitative estimate of drug-likeness (QED) is 0.690. The van der Waals surface area contributed by atoms with Gasteiger partial charge in [-0.25, -0.2) is 13.1 Å². The second-order valence-corrected chi connectivity index (χ2v) is 5.58. The summed E-state index contributed by atoms with van der Waals surface area (Å²) < 4.78 is 25.4. The van der Waals surface area contributed by atoms with Crippen LogP contribution in [0.1, 0.15) is 32.6 Å². The molecule has 5 heteroatoms. The fourth-order valence-electron chi connectivity index (χ4n) is 1.71. The van der Waals surface area contributed by atoms with Gasteiger partial charge in [0, 0.05) is 12.1 Å². The Balaban J connectivity index is 2.40. The van der Waals surface area contributed by atoms with Crippen molar-refractivity contribution in [1.29, 1.82) is 0 Å². The zero-order valence-electron chi connectivity index (χ0n) is 7.99. The number of rotatable bonds is 4. The van der Waals surface area contributed by atoms with Crippen LogP contribution in [-0.4, -0.2) is 26.3 Å². The minimum absolute atomic E-state index is 0.0755. The molecule has 0 heterocycles. The Morgan fingerprint density at radius 2 is 2.15 bits per heavy atom. The fourth-order valence-corrected chi connectivity index (χ4v) is 3.08. The first-order valence-electron chi connectivity index (χ1n) is 4.79. The highest BCUT2D eigenvalue weighted by molar-refractivity contribution is 7.89. The molecular formula is C8H18N2O2S. The summed E-state index contributed by atoms with van der Waals surface area (Å²) in [5.74, 6) is 0.221. The van der Waals surface area contributed by atoms with E-state index in [0.717, 1.165) is 19.3 Å². The van der Waals surface area contributed by atoms with Crippen molar-refractivity contribution in [3.8, 4) is 0 Å². The zero-order chi connectivity index (χ0) is 9.90. The van der Waals surface area contributed by atoms with Gasteiger partial charge in [-0.3, -0.25) is 0 Å². The van der Waals surface area contributed by atoms with E-state index >= 15 is 0 Å². The Bertz CT molecular complexity index is 251. The number of nitrogens with one attached hydrogen (secondary N) is 1. The van der Waals surface area contributed by atoms with Gasteiger partial charge in [-0.2, -0.15) is 0 Å². The van der Waals surface area contributed by atoms with Crippen molar-refractivity contribution in [2.75, 3.05) is 5.75 Å². The van der Waals surface area contributed by atoms with E-state index in [1.165, 1.54) is 0 Å². The smallest absolute Gasteiger partial charge is 0.211 e. The Morgan fingerprint density at radius 3 is 2.62 bits per heavy atom. The molecule has 1 aliphatic carbocycles. The third-order valence-electron chi connectivity index (χ3n) is 2.29. The lowest BCUT2D eigenvalue weighted by Crippen LogP contribution is -2.35. The molecule has 0 saturated heterocycles. The second-order valence-electron chi connectivity index (χ2n) is 3.71. The van der Waals surface area contributed by atoms with E-state index in [1.54, 1.807) is 0 Å². The molecule has 4 nitrogen and oxygen atoms in total. The van der Waals surface area contributed by atoms with Crippen LogP contribution >= 0.6 is 0 Å². The van der Waals surface area contributed by atoms with Crippen molar-refractivity contribution in [3.05, 3.63) is 0 Å². The van der Waals surface area contributed by atoms with Crippen LogP contribution in [0.5, 0.6) is 0 Å². The average molecular weight is 206 g/mol. The SMILES string of the molecule is CCCS(=O)(=O)N[C@@H]1CC[C@H](N)C1. The number of sulfonamides is 1. The maximum Gasteiger partial charge on any atom is 0.211 e. The Morgan fingerprint density at radius 1 is 1.46 bits per heavy atom. The molecule has 13 heavy (non-hydrogen) atoms. The molecule has 3 N–H and O–H groups in total. The van der Waals surface area contributed by atoms with Crippen LogP contribution in [0.3, 0.4) is 0 Å². The molecule has 78 valence electrons. The van der Waals surface area contributed by atoms with Crippen molar-refractivity contribution < 1.29 is 8.42 Å². The minimum Gasteiger partial charge on any atom is -0.328 e. The van der Waals surface area contributed by atoms with Crippen molar-refractivity contribution in [3.63, 3.8) is 0 Å². The van der Waals surface area contributed by atoms with Crippen LogP contribution in [0.4, 0.5) is 0 Å². The standard InChI is InChI=1S/C8H18N2O2S/c1-2-5-13(11,12)10-8-4-3-7(9)6-8/h7-8,10H,2-6,9H2,1H3/t7-,8+/m0/s1. The first kappa shape index (κ1) is 10.9. The maximum atomic E-state index is 11.3. The summed E-state index contributed by atoms with van der Waals surface area (Å²) in [6.45, 7) is 1.86. The average Bonchev–Trinajstić information content (AvgIpc) is 2.34. The van der Waals surface area contributed by atoms with Crippen molar-refractivity contribution in [1.82, 2.24) is 4.72 Å². The Kier molecular flexibility index (Phi) is 3.70. The monoisotopic (exact) mass is 206 g/mol. The Hall–Kier alpha value is -0.130. The molecule has 2 atom stereocenters. The topological polar surface area (TPSA) is 72.2 Å². The normalized spacial score (nSPS) is 29.4. The van der Waals surface area contributed by atoms with Crippen molar-refractivity contribution in [2.45, 2.75) is 44.7 Å². The molecule has 0 radical (unpaired) electrons. The first-order chi connectivity index (χ1) is 6.03. The number of nitrogens with two attached hydrogens (primary N) is 1. The summed E-state index contributed by atoms with van der Waals surface area (Å²) >= 11 is 0. The van der Waals surface area contributed by atoms with Gasteiger partial charge in [-0.1, -0.05) is 6.92 Å². The molecule has 0 aromatic rings. The predicted molar refractivity (Wildman–Crippen MR) is 52.8 cm³/mol. The van der Waals surface area contributed by atoms with Gasteiger partial charge in [-0.05, 0) is 25.7 Å². The number of hydrogen-bond donors (Lipinski definition) is 2. The van der Waals surface area contributed by atoms with E-state index in [-0.39, 0.29) is 17.8 Å². The molecule has 0 spiro atoms. The maximum absolute atomic E-state index is 11.3. The predicted octanol–water partition coefficient (Wildman–Crippen LogP) is 0.196. The van der Waals surface area contributed by atoms with Crippen LogP contribution in [0.15, 0.2) is 0 Å². The molecule has 0 amide bonds. The van der Waals surface area contributed by atoms with Crippen molar-refractivity contribution in [2.24, 2.45) is 5.73 Å². The Labute approximate surface area is 79.9 Å². The van der Waals surface area contributed by atoms with E-state index in [4.69, 9.17) is 5.73 Å². The van der Waals surface area contributed by atoms with Crippen LogP contribution in [0.2, 0.25) is 0 Å². The lowest BCUT2D eigenvalue weighted by Gasteiger charge is -2.11. The molecule has 0 aliphatic heterocycles. The van der Waals surface area contributed by atoms with Gasteiger partial charge in [0.25, 0.3) is 0 Å². The highest BCUT2D eigenvalue weighted by Gasteiger charge is 2.25. The van der Waals surface area contributed by atoms with Gasteiger partial charge in [-0.15, -0.1) is 0 Å². The molecular weight excluding hydrogens is 188 g/mol. The summed E-state index contributed by atoms with van der Waals surface area (Å²) in [5, 5.41) is 0. The van der Waals surface area contributed by atoms with Crippen LogP contribution in [0.25, 0.3) is 0 Å². The molecule has 0 aromatic heterocycles. The fraction of sp³-hybridized carbons (Fsp3) is 1.00. The third-order valence-corrected chi connectivity index (χ3v) is 3.93. The van der Waals surface area contributed by atoms with Gasteiger partial charge in [0.2, 0.25) is 10.0 Å². The molecule has 1 rings (SSSR count). The summed E-state index contributed by atoms with van der Waals surface area (Å²) in [7, 11) is -3.04. The lowest BCUT2D eigenvalue weighted by molar-refractivity contribution is 0.548. The lowest BCUT2D eigenvalue weighted by atomic mass is 10.2. The van der Waals surface area contributed by atoms with E-state index in [1.807, 2.05) is 6.92 Å². The van der Waals surface area contributed by atoms with E-state index < -0.39 is 10.0 Å². The third kappa shape index (κ3) is 3.62. The largest absolute Gasteiger partial charge is 0.328 e. The molecule has 0 aromatic carbocycles. The first-order valence-corrected chi connectivity index (χ1v) is 6.44. The van der Waals surface area contributed by atoms with Gasteiger partial charge >= 0.3 is 0 Å².